The monoisotopic (exact) mass is 124 g/mol. The van der Waals surface area contributed by atoms with Gasteiger partial charge in [-0.2, -0.15) is 4.98 Å². The van der Waals surface area contributed by atoms with E-state index in [1.807, 2.05) is 0 Å². The van der Waals surface area contributed by atoms with Gasteiger partial charge in [0.05, 0.1) is 0 Å². The predicted octanol–water partition coefficient (Wildman–Crippen LogP) is 1.27. The summed E-state index contributed by atoms with van der Waals surface area (Å²) in [5.41, 5.74) is 0. The van der Waals surface area contributed by atoms with Crippen LogP contribution in [-0.4, -0.2) is 11.5 Å². The molecule has 48 valence electrons. The zero-order valence-electron chi connectivity index (χ0n) is 5.00. The predicted molar refractivity (Wildman–Crippen MR) is 35.2 cm³/mol. The maximum absolute atomic E-state index is 4.70. The second kappa shape index (κ2) is 2.91. The van der Waals surface area contributed by atoms with Crippen LogP contribution in [0.2, 0.25) is 0 Å². The van der Waals surface area contributed by atoms with Crippen molar-refractivity contribution in [3.8, 4) is 0 Å². The highest BCUT2D eigenvalue weighted by molar-refractivity contribution is 5.29. The lowest BCUT2D eigenvalue weighted by molar-refractivity contribution is 0.558. The molecule has 0 amide bonds. The molecule has 0 radical (unpaired) electrons. The number of nitrogens with one attached hydrogen (secondary N) is 1. The lowest BCUT2D eigenvalue weighted by Crippen LogP contribution is -1.96. The van der Waals surface area contributed by atoms with Gasteiger partial charge in [0.2, 0.25) is 0 Å². The Balaban J connectivity index is 2.38. The molecule has 9 heavy (non-hydrogen) atoms. The van der Waals surface area contributed by atoms with E-state index in [4.69, 9.17) is 4.42 Å². The van der Waals surface area contributed by atoms with Crippen molar-refractivity contribution in [2.24, 2.45) is 0 Å². The van der Waals surface area contributed by atoms with E-state index in [9.17, 15) is 0 Å². The number of rotatable bonds is 3. The van der Waals surface area contributed by atoms with Gasteiger partial charge in [0, 0.05) is 6.54 Å². The minimum atomic E-state index is 0.715. The molecule has 1 aromatic heterocycles. The molecule has 1 heterocycles. The molecule has 0 unspecified atom stereocenters. The Bertz CT molecular complexity index is 169. The van der Waals surface area contributed by atoms with Gasteiger partial charge in [0.15, 0.2) is 12.2 Å². The van der Waals surface area contributed by atoms with Gasteiger partial charge >= 0.3 is 0 Å². The van der Waals surface area contributed by atoms with Gasteiger partial charge in [0.1, 0.15) is 6.26 Å². The average Bonchev–Trinajstić information content (AvgIpc) is 2.34. The molecule has 0 bridgehead atoms. The van der Waals surface area contributed by atoms with Crippen molar-refractivity contribution < 1.29 is 4.42 Å². The summed E-state index contributed by atoms with van der Waals surface area (Å²) in [6.45, 7) is 4.25. The van der Waals surface area contributed by atoms with Crippen molar-refractivity contribution >= 4 is 5.82 Å². The second-order valence-corrected chi connectivity index (χ2v) is 1.54. The Hall–Kier alpha value is -1.25. The summed E-state index contributed by atoms with van der Waals surface area (Å²) in [4.78, 5) is 3.83. The van der Waals surface area contributed by atoms with Gasteiger partial charge in [-0.05, 0) is 0 Å². The minimum absolute atomic E-state index is 0.715. The highest BCUT2D eigenvalue weighted by Crippen LogP contribution is 1.98. The Morgan fingerprint density at radius 2 is 2.78 bits per heavy atom. The third-order valence-electron chi connectivity index (χ3n) is 0.860. The van der Waals surface area contributed by atoms with Gasteiger partial charge in [-0.15, -0.1) is 6.58 Å². The van der Waals surface area contributed by atoms with Crippen molar-refractivity contribution in [3.05, 3.63) is 25.3 Å². The maximum atomic E-state index is 4.70. The van der Waals surface area contributed by atoms with Crippen LogP contribution in [0.4, 0.5) is 5.82 Å². The molecule has 3 heteroatoms. The summed E-state index contributed by atoms with van der Waals surface area (Å²) in [7, 11) is 0. The molecular formula is C6H8N2O. The third-order valence-corrected chi connectivity index (χ3v) is 0.860. The minimum Gasteiger partial charge on any atom is -0.449 e. The van der Waals surface area contributed by atoms with E-state index in [-0.39, 0.29) is 0 Å². The lowest BCUT2D eigenvalue weighted by Gasteiger charge is -1.92. The number of oxazole rings is 1. The van der Waals surface area contributed by atoms with E-state index >= 15 is 0 Å². The van der Waals surface area contributed by atoms with Gasteiger partial charge in [-0.25, -0.2) is 0 Å². The quantitative estimate of drug-likeness (QED) is 0.616. The zero-order valence-corrected chi connectivity index (χ0v) is 5.00. The van der Waals surface area contributed by atoms with Crippen LogP contribution in [0.5, 0.6) is 0 Å². The molecular weight excluding hydrogens is 116 g/mol. The first-order chi connectivity index (χ1) is 4.43. The van der Waals surface area contributed by atoms with E-state index in [1.165, 1.54) is 6.39 Å². The number of nitrogens with zero attached hydrogens (tertiary/aromatic N) is 1. The molecule has 0 fully saturated rings. The molecule has 0 aliphatic heterocycles. The van der Waals surface area contributed by atoms with Gasteiger partial charge in [0.25, 0.3) is 0 Å². The molecule has 0 atom stereocenters. The summed E-state index contributed by atoms with van der Waals surface area (Å²) >= 11 is 0. The maximum Gasteiger partial charge on any atom is 0.182 e. The van der Waals surface area contributed by atoms with Crippen LogP contribution >= 0.6 is 0 Å². The summed E-state index contributed by atoms with van der Waals surface area (Å²) in [6.07, 6.45) is 4.68. The highest BCUT2D eigenvalue weighted by atomic mass is 16.3. The summed E-state index contributed by atoms with van der Waals surface area (Å²) < 4.78 is 4.70. The molecule has 1 rings (SSSR count). The molecule has 0 aliphatic rings. The summed E-state index contributed by atoms with van der Waals surface area (Å²) in [6, 6.07) is 0. The van der Waals surface area contributed by atoms with E-state index < -0.39 is 0 Å². The molecule has 1 aromatic rings. The summed E-state index contributed by atoms with van der Waals surface area (Å²) in [5, 5.41) is 2.95. The third kappa shape index (κ3) is 1.60. The number of hydrogen-bond acceptors (Lipinski definition) is 3. The van der Waals surface area contributed by atoms with Crippen LogP contribution in [-0.2, 0) is 0 Å². The smallest absolute Gasteiger partial charge is 0.182 e. The normalized spacial score (nSPS) is 8.89. The first kappa shape index (κ1) is 5.88. The van der Waals surface area contributed by atoms with Crippen molar-refractivity contribution in [1.82, 2.24) is 4.98 Å². The SMILES string of the molecule is C=CCNc1cocn1. The van der Waals surface area contributed by atoms with Crippen molar-refractivity contribution in [2.75, 3.05) is 11.9 Å². The van der Waals surface area contributed by atoms with Crippen molar-refractivity contribution in [2.45, 2.75) is 0 Å². The van der Waals surface area contributed by atoms with Crippen LogP contribution in [0.15, 0.2) is 29.7 Å². The first-order valence-corrected chi connectivity index (χ1v) is 2.66. The topological polar surface area (TPSA) is 38.1 Å². The lowest BCUT2D eigenvalue weighted by atomic mass is 10.6. The van der Waals surface area contributed by atoms with Crippen LogP contribution in [0.3, 0.4) is 0 Å². The zero-order chi connectivity index (χ0) is 6.53. The molecule has 0 aromatic carbocycles. The van der Waals surface area contributed by atoms with E-state index in [1.54, 1.807) is 12.3 Å². The Morgan fingerprint density at radius 1 is 1.89 bits per heavy atom. The second-order valence-electron chi connectivity index (χ2n) is 1.54. The van der Waals surface area contributed by atoms with E-state index in [0.29, 0.717) is 6.54 Å². The van der Waals surface area contributed by atoms with Crippen LogP contribution in [0, 0.1) is 0 Å². The molecule has 0 spiro atoms. The van der Waals surface area contributed by atoms with E-state index in [0.717, 1.165) is 5.82 Å². The number of anilines is 1. The fourth-order valence-electron chi connectivity index (χ4n) is 0.477. The Kier molecular flexibility index (Phi) is 1.90. The number of hydrogen-bond donors (Lipinski definition) is 1. The number of aromatic nitrogens is 1. The largest absolute Gasteiger partial charge is 0.449 e. The van der Waals surface area contributed by atoms with E-state index in [2.05, 4.69) is 16.9 Å². The van der Waals surface area contributed by atoms with Gasteiger partial charge in [-0.3, -0.25) is 0 Å². The molecule has 0 saturated heterocycles. The molecule has 0 aliphatic carbocycles. The van der Waals surface area contributed by atoms with Crippen LogP contribution in [0.1, 0.15) is 0 Å². The van der Waals surface area contributed by atoms with Crippen LogP contribution in [0.25, 0.3) is 0 Å². The average molecular weight is 124 g/mol. The highest BCUT2D eigenvalue weighted by Gasteiger charge is 1.88. The fourth-order valence-corrected chi connectivity index (χ4v) is 0.477. The molecule has 3 nitrogen and oxygen atoms in total. The van der Waals surface area contributed by atoms with Crippen molar-refractivity contribution in [3.63, 3.8) is 0 Å². The van der Waals surface area contributed by atoms with Gasteiger partial charge in [-0.1, -0.05) is 6.08 Å². The first-order valence-electron chi connectivity index (χ1n) is 2.66. The summed E-state index contributed by atoms with van der Waals surface area (Å²) in [5.74, 6) is 0.745. The van der Waals surface area contributed by atoms with Crippen LogP contribution < -0.4 is 5.32 Å². The molecule has 1 N–H and O–H groups in total. The molecule has 0 saturated carbocycles. The fraction of sp³-hybridized carbons (Fsp3) is 0.167. The van der Waals surface area contributed by atoms with Crippen molar-refractivity contribution in [1.29, 1.82) is 0 Å². The Morgan fingerprint density at radius 3 is 3.33 bits per heavy atom. The standard InChI is InChI=1S/C6H8N2O/c1-2-3-7-6-4-9-5-8-6/h2,4-5,7H,1,3H2. The Labute approximate surface area is 53.4 Å². The van der Waals surface area contributed by atoms with Gasteiger partial charge < -0.3 is 9.73 Å².